The van der Waals surface area contributed by atoms with E-state index in [-0.39, 0.29) is 5.91 Å². The fourth-order valence-corrected chi connectivity index (χ4v) is 4.61. The lowest BCUT2D eigenvalue weighted by molar-refractivity contribution is -0.113. The van der Waals surface area contributed by atoms with Gasteiger partial charge in [-0.3, -0.25) is 4.79 Å². The van der Waals surface area contributed by atoms with Crippen molar-refractivity contribution in [2.24, 2.45) is 0 Å². The molecule has 1 amide bonds. The second-order valence-corrected chi connectivity index (χ2v) is 9.04. The first kappa shape index (κ1) is 23.7. The SMILES string of the molecule is CCCSc1nc2n(n1)C(c1cccc(OC)c1OC)C(C(=O)Nc1ccc(C)cc1)=C(C)N2. The van der Waals surface area contributed by atoms with Crippen LogP contribution in [0.3, 0.4) is 0 Å². The van der Waals surface area contributed by atoms with E-state index in [1.165, 1.54) is 0 Å². The van der Waals surface area contributed by atoms with Crippen LogP contribution in [0.1, 0.15) is 37.4 Å². The van der Waals surface area contributed by atoms with Gasteiger partial charge in [-0.2, -0.15) is 4.98 Å². The molecule has 0 fully saturated rings. The Hall–Kier alpha value is -3.46. The van der Waals surface area contributed by atoms with Gasteiger partial charge in [0.05, 0.1) is 19.8 Å². The van der Waals surface area contributed by atoms with Gasteiger partial charge in [0.15, 0.2) is 11.5 Å². The average Bonchev–Trinajstić information content (AvgIpc) is 3.24. The Kier molecular flexibility index (Phi) is 7.12. The van der Waals surface area contributed by atoms with Crippen molar-refractivity contribution in [2.75, 3.05) is 30.6 Å². The number of fused-ring (bicyclic) bond motifs is 1. The zero-order chi connectivity index (χ0) is 24.2. The molecular weight excluding hydrogens is 450 g/mol. The second-order valence-electron chi connectivity index (χ2n) is 7.98. The number of rotatable bonds is 8. The number of aromatic nitrogens is 3. The maximum absolute atomic E-state index is 13.6. The molecule has 0 radical (unpaired) electrons. The molecule has 0 saturated heterocycles. The number of nitrogens with zero attached hydrogens (tertiary/aromatic N) is 3. The van der Waals surface area contributed by atoms with Crippen molar-refractivity contribution < 1.29 is 14.3 Å². The fourth-order valence-electron chi connectivity index (χ4n) is 3.93. The first-order valence-corrected chi connectivity index (χ1v) is 12.1. The van der Waals surface area contributed by atoms with E-state index in [0.29, 0.717) is 33.9 Å². The maximum atomic E-state index is 13.6. The smallest absolute Gasteiger partial charge is 0.255 e. The number of para-hydroxylation sites is 1. The van der Waals surface area contributed by atoms with Gasteiger partial charge in [0, 0.05) is 22.7 Å². The fraction of sp³-hybridized carbons (Fsp3) is 0.320. The van der Waals surface area contributed by atoms with Gasteiger partial charge in [0.2, 0.25) is 11.1 Å². The Morgan fingerprint density at radius 2 is 1.91 bits per heavy atom. The number of carbonyl (C=O) groups excluding carboxylic acids is 1. The highest BCUT2D eigenvalue weighted by molar-refractivity contribution is 7.99. The van der Waals surface area contributed by atoms with Crippen molar-refractivity contribution in [3.63, 3.8) is 0 Å². The number of allylic oxidation sites excluding steroid dienone is 1. The molecule has 1 aliphatic heterocycles. The van der Waals surface area contributed by atoms with Crippen LogP contribution in [0, 0.1) is 6.92 Å². The zero-order valence-electron chi connectivity index (χ0n) is 20.0. The summed E-state index contributed by atoms with van der Waals surface area (Å²) in [4.78, 5) is 18.3. The summed E-state index contributed by atoms with van der Waals surface area (Å²) < 4.78 is 13.0. The van der Waals surface area contributed by atoms with E-state index in [1.54, 1.807) is 30.7 Å². The number of carbonyl (C=O) groups is 1. The number of aryl methyl sites for hydroxylation is 1. The third kappa shape index (κ3) is 4.61. The minimum absolute atomic E-state index is 0.229. The maximum Gasteiger partial charge on any atom is 0.255 e. The van der Waals surface area contributed by atoms with Crippen LogP contribution in [-0.2, 0) is 4.79 Å². The van der Waals surface area contributed by atoms with Crippen LogP contribution >= 0.6 is 11.8 Å². The number of methoxy groups -OCH3 is 2. The minimum Gasteiger partial charge on any atom is -0.493 e. The lowest BCUT2D eigenvalue weighted by atomic mass is 9.94. The largest absolute Gasteiger partial charge is 0.493 e. The summed E-state index contributed by atoms with van der Waals surface area (Å²) in [6.07, 6.45) is 1.01. The number of thioether (sulfide) groups is 1. The minimum atomic E-state index is -0.560. The Bertz CT molecular complexity index is 1220. The van der Waals surface area contributed by atoms with Crippen LogP contribution < -0.4 is 20.1 Å². The third-order valence-corrected chi connectivity index (χ3v) is 6.59. The molecule has 3 aromatic rings. The van der Waals surface area contributed by atoms with Crippen LogP contribution in [0.2, 0.25) is 0 Å². The van der Waals surface area contributed by atoms with Crippen molar-refractivity contribution in [1.29, 1.82) is 0 Å². The molecule has 0 saturated carbocycles. The Morgan fingerprint density at radius 3 is 2.59 bits per heavy atom. The molecule has 34 heavy (non-hydrogen) atoms. The van der Waals surface area contributed by atoms with Gasteiger partial charge in [-0.05, 0) is 38.5 Å². The topological polar surface area (TPSA) is 90.3 Å². The van der Waals surface area contributed by atoms with Crippen LogP contribution in [-0.4, -0.2) is 40.6 Å². The summed E-state index contributed by atoms with van der Waals surface area (Å²) in [5.74, 6) is 2.39. The van der Waals surface area contributed by atoms with Gasteiger partial charge in [0.25, 0.3) is 5.91 Å². The van der Waals surface area contributed by atoms with E-state index in [1.807, 2.05) is 56.3 Å². The van der Waals surface area contributed by atoms with Crippen molar-refractivity contribution >= 4 is 29.3 Å². The molecule has 2 aromatic carbocycles. The van der Waals surface area contributed by atoms with Crippen LogP contribution in [0.4, 0.5) is 11.6 Å². The lowest BCUT2D eigenvalue weighted by Gasteiger charge is -2.29. The van der Waals surface area contributed by atoms with E-state index in [4.69, 9.17) is 14.6 Å². The van der Waals surface area contributed by atoms with Crippen LogP contribution in [0.25, 0.3) is 0 Å². The quantitative estimate of drug-likeness (QED) is 0.438. The molecule has 2 N–H and O–H groups in total. The number of anilines is 2. The number of hydrogen-bond donors (Lipinski definition) is 2. The molecule has 1 aliphatic rings. The highest BCUT2D eigenvalue weighted by Crippen LogP contribution is 2.43. The lowest BCUT2D eigenvalue weighted by Crippen LogP contribution is -2.31. The van der Waals surface area contributed by atoms with Crippen LogP contribution in [0.15, 0.2) is 58.9 Å². The molecule has 178 valence electrons. The average molecular weight is 480 g/mol. The zero-order valence-corrected chi connectivity index (χ0v) is 20.8. The van der Waals surface area contributed by atoms with Gasteiger partial charge in [0.1, 0.15) is 6.04 Å². The third-order valence-electron chi connectivity index (χ3n) is 5.55. The molecule has 1 unspecified atom stereocenters. The Labute approximate surface area is 203 Å². The number of hydrogen-bond acceptors (Lipinski definition) is 7. The first-order chi connectivity index (χ1) is 16.5. The monoisotopic (exact) mass is 479 g/mol. The predicted octanol–water partition coefficient (Wildman–Crippen LogP) is 5.03. The highest BCUT2D eigenvalue weighted by Gasteiger charge is 2.36. The molecular formula is C25H29N5O3S. The van der Waals surface area contributed by atoms with Gasteiger partial charge in [-0.25, -0.2) is 4.68 Å². The number of ether oxygens (including phenoxy) is 2. The van der Waals surface area contributed by atoms with E-state index in [0.717, 1.165) is 29.0 Å². The number of nitrogens with one attached hydrogen (secondary N) is 2. The second kappa shape index (κ2) is 10.2. The van der Waals surface area contributed by atoms with E-state index < -0.39 is 6.04 Å². The van der Waals surface area contributed by atoms with Gasteiger partial charge in [-0.15, -0.1) is 5.10 Å². The molecule has 9 heteroatoms. The standard InChI is InChI=1S/C25H29N5O3S/c1-6-14-34-25-28-24-26-16(3)20(23(31)27-17-12-10-15(2)11-13-17)21(30(24)29-25)18-8-7-9-19(32-4)22(18)33-5/h7-13,21H,6,14H2,1-5H3,(H,27,31)(H,26,28,29). The van der Waals surface area contributed by atoms with E-state index in [9.17, 15) is 4.79 Å². The van der Waals surface area contributed by atoms with Crippen LogP contribution in [0.5, 0.6) is 11.5 Å². The molecule has 1 aromatic heterocycles. The normalized spacial score (nSPS) is 14.9. The van der Waals surface area contributed by atoms with Gasteiger partial charge >= 0.3 is 0 Å². The molecule has 8 nitrogen and oxygen atoms in total. The number of amides is 1. The molecule has 1 atom stereocenters. The summed E-state index contributed by atoms with van der Waals surface area (Å²) in [5, 5.41) is 11.7. The molecule has 0 spiro atoms. The molecule has 4 rings (SSSR count). The van der Waals surface area contributed by atoms with Crippen molar-refractivity contribution in [3.8, 4) is 11.5 Å². The molecule has 0 bridgehead atoms. The van der Waals surface area contributed by atoms with E-state index in [2.05, 4.69) is 22.5 Å². The van der Waals surface area contributed by atoms with Gasteiger partial charge in [-0.1, -0.05) is 48.5 Å². The summed E-state index contributed by atoms with van der Waals surface area (Å²) in [6.45, 7) is 6.00. The van der Waals surface area contributed by atoms with Crippen molar-refractivity contribution in [1.82, 2.24) is 14.8 Å². The Morgan fingerprint density at radius 1 is 1.15 bits per heavy atom. The first-order valence-electron chi connectivity index (χ1n) is 11.1. The van der Waals surface area contributed by atoms with Gasteiger partial charge < -0.3 is 20.1 Å². The summed E-state index contributed by atoms with van der Waals surface area (Å²) in [7, 11) is 3.19. The predicted molar refractivity (Wildman–Crippen MR) is 135 cm³/mol. The summed E-state index contributed by atoms with van der Waals surface area (Å²) in [6, 6.07) is 12.8. The molecule has 0 aliphatic carbocycles. The van der Waals surface area contributed by atoms with Crippen molar-refractivity contribution in [3.05, 3.63) is 64.9 Å². The Balaban J connectivity index is 1.83. The summed E-state index contributed by atoms with van der Waals surface area (Å²) in [5.41, 5.74) is 3.82. The number of benzene rings is 2. The summed E-state index contributed by atoms with van der Waals surface area (Å²) >= 11 is 1.59. The molecule has 2 heterocycles. The van der Waals surface area contributed by atoms with Crippen molar-refractivity contribution in [2.45, 2.75) is 38.4 Å². The highest BCUT2D eigenvalue weighted by atomic mass is 32.2. The van der Waals surface area contributed by atoms with E-state index >= 15 is 0 Å².